The molecule has 1 saturated carbocycles. The van der Waals surface area contributed by atoms with Gasteiger partial charge in [0.1, 0.15) is 5.75 Å². The van der Waals surface area contributed by atoms with Crippen molar-refractivity contribution in [3.63, 3.8) is 0 Å². The number of hydrogen-bond donors (Lipinski definition) is 1. The fourth-order valence-corrected chi connectivity index (χ4v) is 2.23. The summed E-state index contributed by atoms with van der Waals surface area (Å²) >= 11 is 0. The van der Waals surface area contributed by atoms with E-state index in [0.717, 1.165) is 12.3 Å². The van der Waals surface area contributed by atoms with Gasteiger partial charge in [0, 0.05) is 0 Å². The Bertz CT molecular complexity index is 274. The van der Waals surface area contributed by atoms with Crippen LogP contribution in [0.1, 0.15) is 31.2 Å². The van der Waals surface area contributed by atoms with Gasteiger partial charge in [-0.15, -0.1) is 0 Å². The molecule has 1 heteroatoms. The minimum Gasteiger partial charge on any atom is -0.508 e. The minimum absolute atomic E-state index is 0.399. The highest BCUT2D eigenvalue weighted by atomic mass is 16.3. The molecule has 70 valence electrons. The van der Waals surface area contributed by atoms with Crippen molar-refractivity contribution in [2.75, 3.05) is 0 Å². The number of hydrogen-bond acceptors (Lipinski definition) is 1. The van der Waals surface area contributed by atoms with Crippen LogP contribution in [-0.4, -0.2) is 5.11 Å². The predicted molar refractivity (Wildman–Crippen MR) is 53.8 cm³/mol. The van der Waals surface area contributed by atoms with Gasteiger partial charge in [-0.25, -0.2) is 0 Å². The molecule has 13 heavy (non-hydrogen) atoms. The maximum atomic E-state index is 9.29. The molecule has 1 nitrogen and oxygen atoms in total. The van der Waals surface area contributed by atoms with Gasteiger partial charge in [-0.1, -0.05) is 37.8 Å². The van der Waals surface area contributed by atoms with E-state index in [2.05, 4.69) is 6.07 Å². The first-order chi connectivity index (χ1) is 6.34. The van der Waals surface area contributed by atoms with Gasteiger partial charge >= 0.3 is 0 Å². The van der Waals surface area contributed by atoms with E-state index in [9.17, 15) is 5.11 Å². The molecule has 0 radical (unpaired) electrons. The number of phenols is 1. The second kappa shape index (κ2) is 3.82. The van der Waals surface area contributed by atoms with Gasteiger partial charge in [0.15, 0.2) is 0 Å². The van der Waals surface area contributed by atoms with Gasteiger partial charge in [0.25, 0.3) is 0 Å². The van der Waals surface area contributed by atoms with E-state index in [-0.39, 0.29) is 0 Å². The van der Waals surface area contributed by atoms with Crippen molar-refractivity contribution in [2.24, 2.45) is 5.92 Å². The molecule has 1 aromatic carbocycles. The van der Waals surface area contributed by atoms with Crippen LogP contribution in [0, 0.1) is 5.92 Å². The van der Waals surface area contributed by atoms with Crippen LogP contribution in [0.2, 0.25) is 0 Å². The molecule has 1 fully saturated rings. The van der Waals surface area contributed by atoms with Crippen molar-refractivity contribution in [2.45, 2.75) is 32.1 Å². The maximum absolute atomic E-state index is 9.29. The van der Waals surface area contributed by atoms with E-state index < -0.39 is 0 Å². The van der Waals surface area contributed by atoms with Gasteiger partial charge in [0.05, 0.1) is 0 Å². The molecule has 1 N–H and O–H groups in total. The molecule has 0 atom stereocenters. The van der Waals surface area contributed by atoms with Crippen molar-refractivity contribution < 1.29 is 5.11 Å². The quantitative estimate of drug-likeness (QED) is 0.734. The lowest BCUT2D eigenvalue weighted by Gasteiger charge is -2.08. The third kappa shape index (κ3) is 2.24. The van der Waals surface area contributed by atoms with Crippen LogP contribution in [0.3, 0.4) is 0 Å². The molecule has 0 heterocycles. The first kappa shape index (κ1) is 8.61. The minimum atomic E-state index is 0.399. The van der Waals surface area contributed by atoms with Crippen LogP contribution in [0.4, 0.5) is 0 Å². The first-order valence-corrected chi connectivity index (χ1v) is 5.12. The first-order valence-electron chi connectivity index (χ1n) is 5.12. The molecule has 1 aromatic rings. The average molecular weight is 176 g/mol. The summed E-state index contributed by atoms with van der Waals surface area (Å²) in [5.74, 6) is 1.26. The Labute approximate surface area is 79.4 Å². The molecule has 0 saturated heterocycles. The van der Waals surface area contributed by atoms with E-state index in [0.29, 0.717) is 5.75 Å². The summed E-state index contributed by atoms with van der Waals surface area (Å²) in [6.07, 6.45) is 6.67. The third-order valence-electron chi connectivity index (χ3n) is 2.91. The van der Waals surface area contributed by atoms with E-state index in [1.165, 1.54) is 31.2 Å². The second-order valence-electron chi connectivity index (χ2n) is 4.02. The summed E-state index contributed by atoms with van der Waals surface area (Å²) in [7, 11) is 0. The topological polar surface area (TPSA) is 20.2 Å². The van der Waals surface area contributed by atoms with Gasteiger partial charge in [0.2, 0.25) is 0 Å². The van der Waals surface area contributed by atoms with E-state index >= 15 is 0 Å². The lowest BCUT2D eigenvalue weighted by molar-refractivity contribution is 0.472. The number of aromatic hydroxyl groups is 1. The standard InChI is InChI=1S/C12H16O/c13-12-7-3-6-11(9-12)8-10-4-1-2-5-10/h3,6-7,9-10,13H,1-2,4-5,8H2. The molecule has 1 aliphatic rings. The highest BCUT2D eigenvalue weighted by molar-refractivity contribution is 5.27. The van der Waals surface area contributed by atoms with Gasteiger partial charge < -0.3 is 5.11 Å². The number of benzene rings is 1. The summed E-state index contributed by atoms with van der Waals surface area (Å²) in [5.41, 5.74) is 1.28. The summed E-state index contributed by atoms with van der Waals surface area (Å²) in [4.78, 5) is 0. The summed E-state index contributed by atoms with van der Waals surface area (Å²) in [5, 5.41) is 9.29. The summed E-state index contributed by atoms with van der Waals surface area (Å²) in [6, 6.07) is 7.66. The van der Waals surface area contributed by atoms with Crippen molar-refractivity contribution in [3.8, 4) is 5.75 Å². The Morgan fingerprint density at radius 1 is 1.23 bits per heavy atom. The molecule has 0 spiro atoms. The van der Waals surface area contributed by atoms with Crippen LogP contribution in [-0.2, 0) is 6.42 Å². The Morgan fingerprint density at radius 3 is 2.69 bits per heavy atom. The summed E-state index contributed by atoms with van der Waals surface area (Å²) in [6.45, 7) is 0. The molecule has 0 aliphatic heterocycles. The van der Waals surface area contributed by atoms with E-state index in [4.69, 9.17) is 0 Å². The van der Waals surface area contributed by atoms with Crippen molar-refractivity contribution in [1.82, 2.24) is 0 Å². The fourth-order valence-electron chi connectivity index (χ4n) is 2.23. The van der Waals surface area contributed by atoms with Crippen LogP contribution in [0.15, 0.2) is 24.3 Å². The summed E-state index contributed by atoms with van der Waals surface area (Å²) < 4.78 is 0. The van der Waals surface area contributed by atoms with Crippen LogP contribution in [0.5, 0.6) is 5.75 Å². The number of rotatable bonds is 2. The monoisotopic (exact) mass is 176 g/mol. The Morgan fingerprint density at radius 2 is 2.00 bits per heavy atom. The highest BCUT2D eigenvalue weighted by Gasteiger charge is 2.15. The molecule has 2 rings (SSSR count). The lowest BCUT2D eigenvalue weighted by Crippen LogP contribution is -1.97. The Hall–Kier alpha value is -0.980. The average Bonchev–Trinajstić information content (AvgIpc) is 2.57. The van der Waals surface area contributed by atoms with E-state index in [1.54, 1.807) is 6.07 Å². The highest BCUT2D eigenvalue weighted by Crippen LogP contribution is 2.28. The van der Waals surface area contributed by atoms with Gasteiger partial charge in [-0.05, 0) is 30.0 Å². The third-order valence-corrected chi connectivity index (χ3v) is 2.91. The Balaban J connectivity index is 2.00. The fraction of sp³-hybridized carbons (Fsp3) is 0.500. The molecule has 0 aromatic heterocycles. The van der Waals surface area contributed by atoms with Crippen molar-refractivity contribution >= 4 is 0 Å². The van der Waals surface area contributed by atoms with Gasteiger partial charge in [-0.2, -0.15) is 0 Å². The lowest BCUT2D eigenvalue weighted by atomic mass is 9.98. The zero-order valence-corrected chi connectivity index (χ0v) is 7.87. The smallest absolute Gasteiger partial charge is 0.115 e. The molecule has 0 amide bonds. The van der Waals surface area contributed by atoms with E-state index in [1.807, 2.05) is 12.1 Å². The molecular formula is C12H16O. The van der Waals surface area contributed by atoms with Crippen molar-refractivity contribution in [3.05, 3.63) is 29.8 Å². The van der Waals surface area contributed by atoms with Crippen LogP contribution >= 0.6 is 0 Å². The van der Waals surface area contributed by atoms with Crippen LogP contribution in [0.25, 0.3) is 0 Å². The molecule has 0 unspecified atom stereocenters. The second-order valence-corrected chi connectivity index (χ2v) is 4.02. The largest absolute Gasteiger partial charge is 0.508 e. The normalized spacial score (nSPS) is 17.8. The zero-order chi connectivity index (χ0) is 9.10. The number of phenolic OH excluding ortho intramolecular Hbond substituents is 1. The Kier molecular flexibility index (Phi) is 2.53. The predicted octanol–water partition coefficient (Wildman–Crippen LogP) is 3.12. The van der Waals surface area contributed by atoms with Crippen LogP contribution < -0.4 is 0 Å². The molecule has 1 aliphatic carbocycles. The van der Waals surface area contributed by atoms with Gasteiger partial charge in [-0.3, -0.25) is 0 Å². The zero-order valence-electron chi connectivity index (χ0n) is 7.87. The molecular weight excluding hydrogens is 160 g/mol. The SMILES string of the molecule is Oc1cccc(CC2CCCC2)c1. The maximum Gasteiger partial charge on any atom is 0.115 e. The van der Waals surface area contributed by atoms with Crippen molar-refractivity contribution in [1.29, 1.82) is 0 Å². The molecule has 0 bridgehead atoms.